The van der Waals surface area contributed by atoms with Gasteiger partial charge in [0.05, 0.1) is 9.83 Å². The minimum Gasteiger partial charge on any atom is -0.488 e. The largest absolute Gasteiger partial charge is 0.488 e. The molecule has 0 saturated carbocycles. The Morgan fingerprint density at radius 2 is 1.76 bits per heavy atom. The van der Waals surface area contributed by atoms with E-state index >= 15 is 0 Å². The molecule has 1 N–H and O–H groups in total. The molecule has 3 amide bonds. The number of imide groups is 1. The summed E-state index contributed by atoms with van der Waals surface area (Å²) in [5.74, 6) is -0.600. The molecule has 0 spiro atoms. The minimum absolute atomic E-state index is 0.0168. The van der Waals surface area contributed by atoms with Gasteiger partial charge in [-0.2, -0.15) is 0 Å². The van der Waals surface area contributed by atoms with E-state index in [1.165, 1.54) is 12.1 Å². The summed E-state index contributed by atoms with van der Waals surface area (Å²) in [6.07, 6.45) is 2.42. The first-order valence-electron chi connectivity index (χ1n) is 11.5. The van der Waals surface area contributed by atoms with Crippen LogP contribution in [-0.2, 0) is 22.6 Å². The summed E-state index contributed by atoms with van der Waals surface area (Å²) in [5, 5.41) is 13.0. The van der Waals surface area contributed by atoms with E-state index in [4.69, 9.17) is 4.74 Å². The molecule has 1 aliphatic rings. The van der Waals surface area contributed by atoms with Crippen molar-refractivity contribution in [3.63, 3.8) is 0 Å². The van der Waals surface area contributed by atoms with Crippen LogP contribution in [0.25, 0.3) is 6.08 Å². The smallest absolute Gasteiger partial charge is 0.294 e. The van der Waals surface area contributed by atoms with Crippen molar-refractivity contribution in [3.05, 3.63) is 103 Å². The van der Waals surface area contributed by atoms with Crippen LogP contribution in [0.5, 0.6) is 5.75 Å². The van der Waals surface area contributed by atoms with E-state index in [1.807, 2.05) is 19.1 Å². The number of aryl methyl sites for hydroxylation is 1. The summed E-state index contributed by atoms with van der Waals surface area (Å²) in [6, 6.07) is 18.6. The number of nitrogens with one attached hydrogen (secondary N) is 1. The molecular weight excluding hydrogens is 574 g/mol. The Morgan fingerprint density at radius 1 is 1.08 bits per heavy atom. The summed E-state index contributed by atoms with van der Waals surface area (Å²) >= 11 is 4.15. The third-order valence-electron chi connectivity index (χ3n) is 5.62. The molecule has 11 heteroatoms. The molecule has 3 aromatic rings. The highest BCUT2D eigenvalue weighted by Gasteiger charge is 2.36. The van der Waals surface area contributed by atoms with Gasteiger partial charge in [0.15, 0.2) is 0 Å². The summed E-state index contributed by atoms with van der Waals surface area (Å²) in [7, 11) is 0. The Balaban J connectivity index is 1.45. The molecule has 9 nitrogen and oxygen atoms in total. The molecule has 0 aliphatic carbocycles. The molecule has 1 heterocycles. The Morgan fingerprint density at radius 3 is 2.42 bits per heavy atom. The number of thioether (sulfide) groups is 1. The summed E-state index contributed by atoms with van der Waals surface area (Å²) < 4.78 is 6.64. The first-order chi connectivity index (χ1) is 18.2. The molecule has 1 saturated heterocycles. The van der Waals surface area contributed by atoms with Crippen LogP contribution in [0.2, 0.25) is 0 Å². The van der Waals surface area contributed by atoms with Gasteiger partial charge in [-0.25, -0.2) is 0 Å². The predicted octanol–water partition coefficient (Wildman–Crippen LogP) is 6.17. The van der Waals surface area contributed by atoms with Crippen LogP contribution in [0.3, 0.4) is 0 Å². The second-order valence-electron chi connectivity index (χ2n) is 8.26. The number of ether oxygens (including phenoxy) is 1. The van der Waals surface area contributed by atoms with Crippen molar-refractivity contribution >= 4 is 62.2 Å². The molecule has 4 rings (SSSR count). The number of carbonyl (C=O) groups excluding carboxylic acids is 3. The van der Waals surface area contributed by atoms with Crippen LogP contribution >= 0.6 is 27.7 Å². The van der Waals surface area contributed by atoms with E-state index in [0.717, 1.165) is 38.7 Å². The van der Waals surface area contributed by atoms with E-state index < -0.39 is 28.5 Å². The lowest BCUT2D eigenvalue weighted by Gasteiger charge is -2.13. The maximum Gasteiger partial charge on any atom is 0.294 e. The van der Waals surface area contributed by atoms with Gasteiger partial charge in [-0.15, -0.1) is 0 Å². The molecule has 1 aliphatic heterocycles. The number of non-ortho nitro benzene ring substituents is 1. The van der Waals surface area contributed by atoms with Gasteiger partial charge in [-0.3, -0.25) is 29.4 Å². The second kappa shape index (κ2) is 12.1. The van der Waals surface area contributed by atoms with Crippen LogP contribution in [-0.4, -0.2) is 33.4 Å². The van der Waals surface area contributed by atoms with Crippen molar-refractivity contribution < 1.29 is 24.0 Å². The molecule has 0 atom stereocenters. The Bertz CT molecular complexity index is 1420. The Hall–Kier alpha value is -3.96. The number of carbonyl (C=O) groups is 3. The molecule has 0 unspecified atom stereocenters. The van der Waals surface area contributed by atoms with Gasteiger partial charge >= 0.3 is 0 Å². The highest BCUT2D eigenvalue weighted by Crippen LogP contribution is 2.35. The Labute approximate surface area is 231 Å². The van der Waals surface area contributed by atoms with Gasteiger partial charge in [0.1, 0.15) is 18.9 Å². The van der Waals surface area contributed by atoms with Gasteiger partial charge in [-0.05, 0) is 77.9 Å². The number of hydrogen-bond donors (Lipinski definition) is 1. The van der Waals surface area contributed by atoms with Crippen molar-refractivity contribution in [2.45, 2.75) is 20.0 Å². The fourth-order valence-corrected chi connectivity index (χ4v) is 4.79. The first kappa shape index (κ1) is 27.1. The predicted molar refractivity (Wildman–Crippen MR) is 149 cm³/mol. The van der Waals surface area contributed by atoms with Gasteiger partial charge < -0.3 is 10.1 Å². The Kier molecular flexibility index (Phi) is 8.59. The fourth-order valence-electron chi connectivity index (χ4n) is 3.58. The molecule has 0 radical (unpaired) electrons. The van der Waals surface area contributed by atoms with E-state index in [1.54, 1.807) is 48.5 Å². The van der Waals surface area contributed by atoms with Crippen LogP contribution in [0.15, 0.2) is 76.1 Å². The third kappa shape index (κ3) is 6.67. The van der Waals surface area contributed by atoms with Crippen LogP contribution in [0, 0.1) is 10.1 Å². The lowest BCUT2D eigenvalue weighted by molar-refractivity contribution is -0.384. The van der Waals surface area contributed by atoms with Gasteiger partial charge in [0.2, 0.25) is 5.91 Å². The van der Waals surface area contributed by atoms with Crippen molar-refractivity contribution in [3.8, 4) is 5.75 Å². The zero-order valence-electron chi connectivity index (χ0n) is 20.2. The van der Waals surface area contributed by atoms with Crippen molar-refractivity contribution in [2.75, 3.05) is 11.9 Å². The molecule has 0 aromatic heterocycles. The van der Waals surface area contributed by atoms with Gasteiger partial charge in [-0.1, -0.05) is 35.0 Å². The maximum absolute atomic E-state index is 13.0. The highest BCUT2D eigenvalue weighted by molar-refractivity contribution is 9.10. The number of nitro benzene ring substituents is 1. The number of anilines is 1. The average Bonchev–Trinajstić information content (AvgIpc) is 3.16. The van der Waals surface area contributed by atoms with Crippen molar-refractivity contribution in [1.29, 1.82) is 0 Å². The average molecular weight is 596 g/mol. The lowest BCUT2D eigenvalue weighted by atomic mass is 10.1. The lowest BCUT2D eigenvalue weighted by Crippen LogP contribution is -2.36. The van der Waals surface area contributed by atoms with E-state index in [9.17, 15) is 24.5 Å². The number of hydrogen-bond acceptors (Lipinski definition) is 7. The number of amides is 3. The van der Waals surface area contributed by atoms with Crippen LogP contribution in [0.1, 0.15) is 23.6 Å². The quantitative estimate of drug-likeness (QED) is 0.178. The standard InChI is InChI=1S/C27H22BrN3O6S/c1-2-17-3-8-21(9-4-17)29-25(32)15-30-26(33)24(38-27(30)34)14-19-13-20(28)7-12-23(19)37-16-18-5-10-22(11-6-18)31(35)36/h3-14H,2,15-16H2,1H3,(H,29,32)/b24-14-. The molecular formula is C27H22BrN3O6S. The topological polar surface area (TPSA) is 119 Å². The van der Waals surface area contributed by atoms with Crippen molar-refractivity contribution in [1.82, 2.24) is 4.90 Å². The molecule has 0 bridgehead atoms. The molecule has 194 valence electrons. The van der Waals surface area contributed by atoms with E-state index in [2.05, 4.69) is 21.2 Å². The number of benzene rings is 3. The van der Waals surface area contributed by atoms with Gasteiger partial charge in [0, 0.05) is 27.9 Å². The monoisotopic (exact) mass is 595 g/mol. The third-order valence-corrected chi connectivity index (χ3v) is 7.02. The number of rotatable bonds is 9. The van der Waals surface area contributed by atoms with E-state index in [0.29, 0.717) is 17.0 Å². The normalized spacial score (nSPS) is 14.2. The van der Waals surface area contributed by atoms with Gasteiger partial charge in [0.25, 0.3) is 16.8 Å². The molecule has 3 aromatic carbocycles. The number of nitrogens with zero attached hydrogens (tertiary/aromatic N) is 2. The van der Waals surface area contributed by atoms with Crippen LogP contribution in [0.4, 0.5) is 16.2 Å². The zero-order chi connectivity index (χ0) is 27.2. The first-order valence-corrected chi connectivity index (χ1v) is 13.1. The van der Waals surface area contributed by atoms with E-state index in [-0.39, 0.29) is 17.2 Å². The number of halogens is 1. The van der Waals surface area contributed by atoms with Crippen molar-refractivity contribution in [2.24, 2.45) is 0 Å². The minimum atomic E-state index is -0.572. The zero-order valence-corrected chi connectivity index (χ0v) is 22.6. The second-order valence-corrected chi connectivity index (χ2v) is 10.2. The molecule has 38 heavy (non-hydrogen) atoms. The number of nitro groups is 1. The highest BCUT2D eigenvalue weighted by atomic mass is 79.9. The maximum atomic E-state index is 13.0. The summed E-state index contributed by atoms with van der Waals surface area (Å²) in [4.78, 5) is 49.5. The molecule has 1 fully saturated rings. The summed E-state index contributed by atoms with van der Waals surface area (Å²) in [5.41, 5.74) is 2.96. The SMILES string of the molecule is CCc1ccc(NC(=O)CN2C(=O)S/C(=C\c3cc(Br)ccc3OCc3ccc([N+](=O)[O-])cc3)C2=O)cc1. The summed E-state index contributed by atoms with van der Waals surface area (Å²) in [6.45, 7) is 1.77. The fraction of sp³-hybridized carbons (Fsp3) is 0.148. The van der Waals surface area contributed by atoms with Crippen LogP contribution < -0.4 is 10.1 Å².